The maximum atomic E-state index is 3.31. The highest BCUT2D eigenvalue weighted by atomic mass is 32.2. The Balaban J connectivity index is 1.82. The summed E-state index contributed by atoms with van der Waals surface area (Å²) in [6, 6.07) is 0. The molecule has 12 heavy (non-hydrogen) atoms. The van der Waals surface area contributed by atoms with Crippen LogP contribution in [0, 0.1) is 11.8 Å². The van der Waals surface area contributed by atoms with E-state index in [0.717, 1.165) is 11.8 Å². The van der Waals surface area contributed by atoms with Crippen molar-refractivity contribution < 1.29 is 0 Å². The van der Waals surface area contributed by atoms with Gasteiger partial charge < -0.3 is 5.32 Å². The molecule has 0 amide bonds. The fourth-order valence-corrected chi connectivity index (χ4v) is 2.51. The van der Waals surface area contributed by atoms with Crippen LogP contribution in [0.4, 0.5) is 0 Å². The summed E-state index contributed by atoms with van der Waals surface area (Å²) >= 11 is 2.14. The van der Waals surface area contributed by atoms with E-state index < -0.39 is 0 Å². The summed E-state index contributed by atoms with van der Waals surface area (Å²) in [7, 11) is 0. The summed E-state index contributed by atoms with van der Waals surface area (Å²) in [4.78, 5) is 0. The lowest BCUT2D eigenvalue weighted by Crippen LogP contribution is -2.42. The minimum Gasteiger partial charge on any atom is -0.316 e. The van der Waals surface area contributed by atoms with Gasteiger partial charge in [0.25, 0.3) is 0 Å². The summed E-state index contributed by atoms with van der Waals surface area (Å²) in [6.07, 6.45) is 2.76. The Bertz CT molecular complexity index is 106. The Kier molecular flexibility index (Phi) is 5.08. The SMILES string of the molecule is CCC(C)CSCCC1CNC1. The van der Waals surface area contributed by atoms with Gasteiger partial charge in [-0.05, 0) is 42.9 Å². The summed E-state index contributed by atoms with van der Waals surface area (Å²) in [5.41, 5.74) is 0. The first-order valence-corrected chi connectivity index (χ1v) is 6.26. The van der Waals surface area contributed by atoms with E-state index in [1.807, 2.05) is 0 Å². The van der Waals surface area contributed by atoms with Crippen molar-refractivity contribution in [2.75, 3.05) is 24.6 Å². The average molecular weight is 187 g/mol. The first-order valence-electron chi connectivity index (χ1n) is 5.11. The third-order valence-electron chi connectivity index (χ3n) is 2.64. The van der Waals surface area contributed by atoms with Crippen LogP contribution in [0.5, 0.6) is 0 Å². The molecule has 0 spiro atoms. The first-order chi connectivity index (χ1) is 5.83. The van der Waals surface area contributed by atoms with Crippen molar-refractivity contribution in [2.45, 2.75) is 26.7 Å². The Morgan fingerprint density at radius 3 is 2.75 bits per heavy atom. The van der Waals surface area contributed by atoms with Gasteiger partial charge >= 0.3 is 0 Å². The maximum Gasteiger partial charge on any atom is -0.000796 e. The van der Waals surface area contributed by atoms with Crippen LogP contribution in [-0.2, 0) is 0 Å². The summed E-state index contributed by atoms with van der Waals surface area (Å²) in [5, 5.41) is 3.31. The predicted octanol–water partition coefficient (Wildman–Crippen LogP) is 2.38. The molecule has 1 saturated heterocycles. The highest BCUT2D eigenvalue weighted by Crippen LogP contribution is 2.16. The zero-order valence-corrected chi connectivity index (χ0v) is 9.12. The first kappa shape index (κ1) is 10.4. The van der Waals surface area contributed by atoms with Crippen molar-refractivity contribution in [1.29, 1.82) is 0 Å². The molecule has 72 valence electrons. The van der Waals surface area contributed by atoms with Gasteiger partial charge in [-0.1, -0.05) is 20.3 Å². The van der Waals surface area contributed by atoms with Crippen molar-refractivity contribution in [2.24, 2.45) is 11.8 Å². The molecule has 1 fully saturated rings. The normalized spacial score (nSPS) is 20.5. The van der Waals surface area contributed by atoms with Crippen LogP contribution in [0.2, 0.25) is 0 Å². The van der Waals surface area contributed by atoms with E-state index in [1.165, 1.54) is 37.4 Å². The van der Waals surface area contributed by atoms with Crippen LogP contribution in [0.15, 0.2) is 0 Å². The molecular formula is C10H21NS. The monoisotopic (exact) mass is 187 g/mol. The van der Waals surface area contributed by atoms with Crippen LogP contribution >= 0.6 is 11.8 Å². The molecule has 1 rings (SSSR count). The van der Waals surface area contributed by atoms with Crippen molar-refractivity contribution in [1.82, 2.24) is 5.32 Å². The van der Waals surface area contributed by atoms with Gasteiger partial charge in [0.05, 0.1) is 0 Å². The van der Waals surface area contributed by atoms with E-state index in [0.29, 0.717) is 0 Å². The lowest BCUT2D eigenvalue weighted by molar-refractivity contribution is 0.341. The largest absolute Gasteiger partial charge is 0.316 e. The number of hydrogen-bond acceptors (Lipinski definition) is 2. The second-order valence-corrected chi connectivity index (χ2v) is 5.05. The second-order valence-electron chi connectivity index (χ2n) is 3.90. The van der Waals surface area contributed by atoms with E-state index >= 15 is 0 Å². The van der Waals surface area contributed by atoms with Gasteiger partial charge in [0, 0.05) is 0 Å². The third-order valence-corrected chi connectivity index (χ3v) is 3.96. The minimum absolute atomic E-state index is 0.912. The van der Waals surface area contributed by atoms with Gasteiger partial charge in [-0.25, -0.2) is 0 Å². The number of hydrogen-bond donors (Lipinski definition) is 1. The smallest absolute Gasteiger partial charge is 0.000796 e. The lowest BCUT2D eigenvalue weighted by Gasteiger charge is -2.26. The molecule has 1 nitrogen and oxygen atoms in total. The number of nitrogens with one attached hydrogen (secondary N) is 1. The van der Waals surface area contributed by atoms with Gasteiger partial charge in [-0.2, -0.15) is 11.8 Å². The van der Waals surface area contributed by atoms with Crippen molar-refractivity contribution in [3.63, 3.8) is 0 Å². The summed E-state index contributed by atoms with van der Waals surface area (Å²) in [6.45, 7) is 7.16. The minimum atomic E-state index is 0.912. The standard InChI is InChI=1S/C10H21NS/c1-3-9(2)8-12-5-4-10-6-11-7-10/h9-11H,3-8H2,1-2H3. The molecule has 0 aromatic carbocycles. The Hall–Kier alpha value is 0.310. The Labute approximate surface area is 80.7 Å². The molecule has 0 aromatic rings. The van der Waals surface area contributed by atoms with E-state index in [1.54, 1.807) is 0 Å². The molecule has 0 aliphatic carbocycles. The zero-order valence-electron chi connectivity index (χ0n) is 8.31. The molecule has 1 atom stereocenters. The summed E-state index contributed by atoms with van der Waals surface area (Å²) in [5.74, 6) is 4.64. The highest BCUT2D eigenvalue weighted by Gasteiger charge is 2.15. The third kappa shape index (κ3) is 3.81. The lowest BCUT2D eigenvalue weighted by atomic mass is 10.0. The van der Waals surface area contributed by atoms with Crippen molar-refractivity contribution in [3.05, 3.63) is 0 Å². The highest BCUT2D eigenvalue weighted by molar-refractivity contribution is 7.99. The van der Waals surface area contributed by atoms with E-state index in [9.17, 15) is 0 Å². The number of rotatable bonds is 6. The Morgan fingerprint density at radius 2 is 2.25 bits per heavy atom. The molecule has 1 aliphatic rings. The van der Waals surface area contributed by atoms with E-state index in [2.05, 4.69) is 30.9 Å². The van der Waals surface area contributed by atoms with Crippen molar-refractivity contribution >= 4 is 11.8 Å². The molecule has 1 N–H and O–H groups in total. The fraction of sp³-hybridized carbons (Fsp3) is 1.00. The van der Waals surface area contributed by atoms with Gasteiger partial charge in [0.1, 0.15) is 0 Å². The second kappa shape index (κ2) is 5.87. The van der Waals surface area contributed by atoms with Gasteiger partial charge in [0.15, 0.2) is 0 Å². The van der Waals surface area contributed by atoms with Crippen molar-refractivity contribution in [3.8, 4) is 0 Å². The molecule has 1 unspecified atom stereocenters. The molecule has 1 aliphatic heterocycles. The molecule has 0 saturated carbocycles. The molecule has 0 radical (unpaired) electrons. The van der Waals surface area contributed by atoms with E-state index in [4.69, 9.17) is 0 Å². The summed E-state index contributed by atoms with van der Waals surface area (Å²) < 4.78 is 0. The molecule has 0 aromatic heterocycles. The average Bonchev–Trinajstić information content (AvgIpc) is 2.00. The Morgan fingerprint density at radius 1 is 1.50 bits per heavy atom. The van der Waals surface area contributed by atoms with Crippen LogP contribution in [0.3, 0.4) is 0 Å². The van der Waals surface area contributed by atoms with E-state index in [-0.39, 0.29) is 0 Å². The van der Waals surface area contributed by atoms with Crippen LogP contribution in [-0.4, -0.2) is 24.6 Å². The van der Waals surface area contributed by atoms with Gasteiger partial charge in [0.2, 0.25) is 0 Å². The zero-order chi connectivity index (χ0) is 8.81. The quantitative estimate of drug-likeness (QED) is 0.641. The maximum absolute atomic E-state index is 3.31. The predicted molar refractivity (Wildman–Crippen MR) is 57.8 cm³/mol. The molecule has 1 heterocycles. The van der Waals surface area contributed by atoms with Gasteiger partial charge in [-0.3, -0.25) is 0 Å². The molecular weight excluding hydrogens is 166 g/mol. The molecule has 0 bridgehead atoms. The topological polar surface area (TPSA) is 12.0 Å². The number of thioether (sulfide) groups is 1. The van der Waals surface area contributed by atoms with Crippen LogP contribution < -0.4 is 5.32 Å². The van der Waals surface area contributed by atoms with Crippen LogP contribution in [0.25, 0.3) is 0 Å². The molecule has 2 heteroatoms. The fourth-order valence-electron chi connectivity index (χ4n) is 1.20. The van der Waals surface area contributed by atoms with Gasteiger partial charge in [-0.15, -0.1) is 0 Å². The van der Waals surface area contributed by atoms with Crippen LogP contribution in [0.1, 0.15) is 26.7 Å².